The molecule has 72 valence electrons. The van der Waals surface area contributed by atoms with E-state index in [1.807, 2.05) is 20.8 Å². The fraction of sp³-hybridized carbons (Fsp3) is 0.300. The molecule has 0 saturated carbocycles. The molecule has 0 aliphatic rings. The molecule has 0 fully saturated rings. The van der Waals surface area contributed by atoms with Gasteiger partial charge < -0.3 is 5.73 Å². The summed E-state index contributed by atoms with van der Waals surface area (Å²) in [5.41, 5.74) is 6.20. The van der Waals surface area contributed by atoms with E-state index in [4.69, 9.17) is 11.1 Å². The summed E-state index contributed by atoms with van der Waals surface area (Å²) in [5, 5.41) is 7.01. The molecule has 0 unspecified atom stereocenters. The van der Waals surface area contributed by atoms with Crippen molar-refractivity contribution in [3.05, 3.63) is 35.1 Å². The fourth-order valence-corrected chi connectivity index (χ4v) is 0.846. The number of amidine groups is 1. The van der Waals surface area contributed by atoms with Gasteiger partial charge in [0.2, 0.25) is 0 Å². The summed E-state index contributed by atoms with van der Waals surface area (Å²) in [7, 11) is 0. The molecule has 13 heavy (non-hydrogen) atoms. The minimum atomic E-state index is -0.442. The lowest BCUT2D eigenvalue weighted by molar-refractivity contribution is 0.624. The van der Waals surface area contributed by atoms with Crippen molar-refractivity contribution in [3.8, 4) is 0 Å². The van der Waals surface area contributed by atoms with Crippen molar-refractivity contribution in [3.63, 3.8) is 0 Å². The summed E-state index contributed by atoms with van der Waals surface area (Å²) < 4.78 is 12.8. The van der Waals surface area contributed by atoms with Crippen molar-refractivity contribution in [1.82, 2.24) is 0 Å². The summed E-state index contributed by atoms with van der Waals surface area (Å²) in [6, 6.07) is 4.51. The molecule has 1 aromatic carbocycles. The van der Waals surface area contributed by atoms with Crippen LogP contribution in [0.4, 0.5) is 4.39 Å². The molecule has 0 bridgehead atoms. The van der Waals surface area contributed by atoms with E-state index in [-0.39, 0.29) is 11.4 Å². The molecule has 0 heterocycles. The van der Waals surface area contributed by atoms with Crippen molar-refractivity contribution >= 4 is 5.84 Å². The van der Waals surface area contributed by atoms with Gasteiger partial charge in [-0.15, -0.1) is 0 Å². The van der Waals surface area contributed by atoms with E-state index < -0.39 is 5.82 Å². The van der Waals surface area contributed by atoms with E-state index in [1.54, 1.807) is 12.1 Å². The SMILES string of the molecule is CC.Cc1ccc(F)c(C(=N)N)c1. The van der Waals surface area contributed by atoms with Gasteiger partial charge in [-0.25, -0.2) is 4.39 Å². The molecular weight excluding hydrogens is 167 g/mol. The molecule has 0 spiro atoms. The predicted molar refractivity (Wildman–Crippen MR) is 53.5 cm³/mol. The van der Waals surface area contributed by atoms with Crippen LogP contribution in [0.1, 0.15) is 25.0 Å². The van der Waals surface area contributed by atoms with E-state index in [0.29, 0.717) is 0 Å². The molecule has 0 aliphatic carbocycles. The minimum Gasteiger partial charge on any atom is -0.384 e. The van der Waals surface area contributed by atoms with Gasteiger partial charge >= 0.3 is 0 Å². The standard InChI is InChI=1S/C8H9FN2.C2H6/c1-5-2-3-7(9)6(4-5)8(10)11;1-2/h2-4H,1H3,(H3,10,11);1-2H3. The normalized spacial score (nSPS) is 8.62. The highest BCUT2D eigenvalue weighted by Crippen LogP contribution is 2.08. The molecular formula is C10H15FN2. The number of aryl methyl sites for hydroxylation is 1. The lowest BCUT2D eigenvalue weighted by atomic mass is 10.1. The zero-order valence-electron chi connectivity index (χ0n) is 8.19. The first-order chi connectivity index (χ1) is 6.11. The van der Waals surface area contributed by atoms with Gasteiger partial charge in [-0.2, -0.15) is 0 Å². The number of rotatable bonds is 1. The number of hydrogen-bond donors (Lipinski definition) is 2. The first-order valence-electron chi connectivity index (χ1n) is 4.22. The van der Waals surface area contributed by atoms with E-state index in [0.717, 1.165) is 5.56 Å². The smallest absolute Gasteiger partial charge is 0.134 e. The first-order valence-corrected chi connectivity index (χ1v) is 4.22. The highest BCUT2D eigenvalue weighted by atomic mass is 19.1. The fourth-order valence-electron chi connectivity index (χ4n) is 0.846. The van der Waals surface area contributed by atoms with E-state index in [1.165, 1.54) is 6.07 Å². The third kappa shape index (κ3) is 3.23. The molecule has 0 atom stereocenters. The van der Waals surface area contributed by atoms with Gasteiger partial charge in [0.15, 0.2) is 0 Å². The summed E-state index contributed by atoms with van der Waals surface area (Å²) in [4.78, 5) is 0. The van der Waals surface area contributed by atoms with Crippen LogP contribution in [0.2, 0.25) is 0 Å². The van der Waals surface area contributed by atoms with Crippen molar-refractivity contribution in [1.29, 1.82) is 5.41 Å². The van der Waals surface area contributed by atoms with Crippen LogP contribution in [0.3, 0.4) is 0 Å². The van der Waals surface area contributed by atoms with Gasteiger partial charge in [0.25, 0.3) is 0 Å². The highest BCUT2D eigenvalue weighted by Gasteiger charge is 2.03. The Balaban J connectivity index is 0.000000671. The van der Waals surface area contributed by atoms with Crippen molar-refractivity contribution in [2.45, 2.75) is 20.8 Å². The Kier molecular flexibility index (Phi) is 4.74. The number of benzene rings is 1. The van der Waals surface area contributed by atoms with Crippen molar-refractivity contribution in [2.24, 2.45) is 5.73 Å². The first kappa shape index (κ1) is 11.6. The summed E-state index contributed by atoms with van der Waals surface area (Å²) in [6.45, 7) is 5.83. The number of nitrogens with two attached hydrogens (primary N) is 1. The molecule has 0 aliphatic heterocycles. The zero-order valence-corrected chi connectivity index (χ0v) is 8.19. The van der Waals surface area contributed by atoms with Crippen LogP contribution < -0.4 is 5.73 Å². The van der Waals surface area contributed by atoms with E-state index in [2.05, 4.69) is 0 Å². The maximum Gasteiger partial charge on any atom is 0.134 e. The van der Waals surface area contributed by atoms with Gasteiger partial charge in [0.05, 0.1) is 5.56 Å². The summed E-state index contributed by atoms with van der Waals surface area (Å²) >= 11 is 0. The van der Waals surface area contributed by atoms with Crippen molar-refractivity contribution < 1.29 is 4.39 Å². The number of nitrogen functional groups attached to an aromatic ring is 1. The van der Waals surface area contributed by atoms with Crippen LogP contribution in [0.25, 0.3) is 0 Å². The number of halogens is 1. The lowest BCUT2D eigenvalue weighted by Crippen LogP contribution is -2.13. The molecule has 2 nitrogen and oxygen atoms in total. The molecule has 0 amide bonds. The second-order valence-corrected chi connectivity index (χ2v) is 2.40. The molecule has 3 heteroatoms. The topological polar surface area (TPSA) is 49.9 Å². The molecule has 3 N–H and O–H groups in total. The summed E-state index contributed by atoms with van der Waals surface area (Å²) in [6.07, 6.45) is 0. The van der Waals surface area contributed by atoms with Crippen LogP contribution in [-0.4, -0.2) is 5.84 Å². The van der Waals surface area contributed by atoms with Crippen LogP contribution in [0.15, 0.2) is 18.2 Å². The second-order valence-electron chi connectivity index (χ2n) is 2.40. The molecule has 0 aromatic heterocycles. The Labute approximate surface area is 78.1 Å². The van der Waals surface area contributed by atoms with Gasteiger partial charge in [0.1, 0.15) is 11.7 Å². The maximum absolute atomic E-state index is 12.8. The Morgan fingerprint density at radius 3 is 2.31 bits per heavy atom. The number of nitrogens with one attached hydrogen (secondary N) is 1. The van der Waals surface area contributed by atoms with Gasteiger partial charge in [-0.05, 0) is 19.1 Å². The van der Waals surface area contributed by atoms with Gasteiger partial charge in [-0.3, -0.25) is 5.41 Å². The second kappa shape index (κ2) is 5.30. The van der Waals surface area contributed by atoms with Gasteiger partial charge in [0, 0.05) is 0 Å². The van der Waals surface area contributed by atoms with Gasteiger partial charge in [-0.1, -0.05) is 25.5 Å². The van der Waals surface area contributed by atoms with E-state index >= 15 is 0 Å². The van der Waals surface area contributed by atoms with Crippen LogP contribution in [0, 0.1) is 18.2 Å². The monoisotopic (exact) mass is 182 g/mol. The van der Waals surface area contributed by atoms with Crippen molar-refractivity contribution in [2.75, 3.05) is 0 Å². The maximum atomic E-state index is 12.8. The quantitative estimate of drug-likeness (QED) is 0.508. The van der Waals surface area contributed by atoms with Crippen LogP contribution >= 0.6 is 0 Å². The summed E-state index contributed by atoms with van der Waals surface area (Å²) in [5.74, 6) is -0.672. The molecule has 1 rings (SSSR count). The third-order valence-corrected chi connectivity index (χ3v) is 1.41. The average molecular weight is 182 g/mol. The van der Waals surface area contributed by atoms with Crippen LogP contribution in [-0.2, 0) is 0 Å². The Bertz CT molecular complexity index is 295. The largest absolute Gasteiger partial charge is 0.384 e. The molecule has 0 radical (unpaired) electrons. The number of hydrogen-bond acceptors (Lipinski definition) is 1. The van der Waals surface area contributed by atoms with E-state index in [9.17, 15) is 4.39 Å². The molecule has 1 aromatic rings. The zero-order chi connectivity index (χ0) is 10.4. The highest BCUT2D eigenvalue weighted by molar-refractivity contribution is 5.95. The Morgan fingerprint density at radius 2 is 1.92 bits per heavy atom. The minimum absolute atomic E-state index is 0.171. The average Bonchev–Trinajstić information content (AvgIpc) is 2.12. The third-order valence-electron chi connectivity index (χ3n) is 1.41. The van der Waals surface area contributed by atoms with Crippen LogP contribution in [0.5, 0.6) is 0 Å². The molecule has 0 saturated heterocycles. The predicted octanol–water partition coefficient (Wildman–Crippen LogP) is 2.44. The Hall–Kier alpha value is -1.38. The Morgan fingerprint density at radius 1 is 1.38 bits per heavy atom. The lowest BCUT2D eigenvalue weighted by Gasteiger charge is -2.00.